The summed E-state index contributed by atoms with van der Waals surface area (Å²) in [4.78, 5) is 36.9. The number of benzene rings is 2. The van der Waals surface area contributed by atoms with Gasteiger partial charge in [0.15, 0.2) is 6.29 Å². The van der Waals surface area contributed by atoms with Crippen molar-refractivity contribution in [3.8, 4) is 5.75 Å². The van der Waals surface area contributed by atoms with Crippen LogP contribution in [0.5, 0.6) is 5.75 Å². The van der Waals surface area contributed by atoms with E-state index >= 15 is 0 Å². The van der Waals surface area contributed by atoms with Gasteiger partial charge >= 0.3 is 0 Å². The van der Waals surface area contributed by atoms with Gasteiger partial charge in [0.25, 0.3) is 0 Å². The zero-order valence-electron chi connectivity index (χ0n) is 15.6. The summed E-state index contributed by atoms with van der Waals surface area (Å²) in [5.74, 6) is -1.33. The van der Waals surface area contributed by atoms with Gasteiger partial charge in [0.2, 0.25) is 11.6 Å². The molecule has 0 aromatic heterocycles. The zero-order valence-corrected chi connectivity index (χ0v) is 15.6. The highest BCUT2D eigenvalue weighted by Crippen LogP contribution is 2.39. The molecule has 2 aromatic carbocycles. The molecule has 3 rings (SSSR count). The van der Waals surface area contributed by atoms with Crippen LogP contribution in [0.15, 0.2) is 36.4 Å². The van der Waals surface area contributed by atoms with Gasteiger partial charge in [-0.2, -0.15) is 0 Å². The minimum absolute atomic E-state index is 0.102. The lowest BCUT2D eigenvalue weighted by Gasteiger charge is -2.25. The number of ketones is 2. The van der Waals surface area contributed by atoms with Crippen LogP contribution in [0.2, 0.25) is 0 Å². The van der Waals surface area contributed by atoms with Crippen molar-refractivity contribution in [1.82, 2.24) is 0 Å². The summed E-state index contributed by atoms with van der Waals surface area (Å²) in [5, 5.41) is 10.7. The topological polar surface area (TPSA) is 80.7 Å². The molecule has 0 spiro atoms. The molecule has 0 saturated carbocycles. The smallest absolute Gasteiger partial charge is 0.237 e. The predicted molar refractivity (Wildman–Crippen MR) is 102 cm³/mol. The molecule has 27 heavy (non-hydrogen) atoms. The molecule has 0 heterocycles. The quantitative estimate of drug-likeness (QED) is 0.658. The number of Topliss-reactive ketones (excluding diaryl/α,β-unsaturated/α-hetero) is 2. The van der Waals surface area contributed by atoms with Gasteiger partial charge in [-0.1, -0.05) is 45.0 Å². The van der Waals surface area contributed by atoms with Crippen molar-refractivity contribution in [3.05, 3.63) is 64.2 Å². The van der Waals surface area contributed by atoms with Crippen molar-refractivity contribution in [1.29, 1.82) is 0 Å². The molecular formula is C22H20O5. The van der Waals surface area contributed by atoms with E-state index in [2.05, 4.69) is 0 Å². The Labute approximate surface area is 157 Å². The van der Waals surface area contributed by atoms with E-state index in [0.717, 1.165) is 0 Å². The standard InChI is InChI=1S/C22H20O5/c1-22(2,3)16-10-12(9-13(11-23)21(16)27-4)17-18(24)14-7-5-6-8-15(14)19(25)20(17)26/h5-11,24H,1-4H3. The van der Waals surface area contributed by atoms with Crippen molar-refractivity contribution in [2.75, 3.05) is 7.11 Å². The Balaban J connectivity index is 2.35. The number of carbonyl (C=O) groups is 3. The molecule has 5 nitrogen and oxygen atoms in total. The van der Waals surface area contributed by atoms with Crippen LogP contribution in [0.4, 0.5) is 0 Å². The van der Waals surface area contributed by atoms with E-state index in [-0.39, 0.29) is 22.5 Å². The lowest BCUT2D eigenvalue weighted by molar-refractivity contribution is -0.110. The SMILES string of the molecule is COc1c(C=O)cc(C2=C(O)c3ccccc3C(=O)C2=O)cc1C(C)(C)C. The molecule has 0 fully saturated rings. The molecule has 1 N–H and O–H groups in total. The summed E-state index contributed by atoms with van der Waals surface area (Å²) in [6.45, 7) is 5.84. The summed E-state index contributed by atoms with van der Waals surface area (Å²) >= 11 is 0. The second kappa shape index (κ2) is 6.50. The van der Waals surface area contributed by atoms with Gasteiger partial charge in [-0.05, 0) is 23.1 Å². The molecule has 0 saturated heterocycles. The number of rotatable bonds is 3. The number of aldehydes is 1. The van der Waals surface area contributed by atoms with Crippen LogP contribution in [0.25, 0.3) is 11.3 Å². The van der Waals surface area contributed by atoms with Gasteiger partial charge in [-0.25, -0.2) is 0 Å². The van der Waals surface area contributed by atoms with Crippen LogP contribution >= 0.6 is 0 Å². The van der Waals surface area contributed by atoms with E-state index in [0.29, 0.717) is 28.7 Å². The van der Waals surface area contributed by atoms with Crippen LogP contribution in [-0.4, -0.2) is 30.1 Å². The molecule has 138 valence electrons. The van der Waals surface area contributed by atoms with Crippen LogP contribution in [0.1, 0.15) is 58.2 Å². The second-order valence-electron chi connectivity index (χ2n) is 7.44. The Morgan fingerprint density at radius 2 is 1.63 bits per heavy atom. The third kappa shape index (κ3) is 2.95. The Hall–Kier alpha value is -3.21. The summed E-state index contributed by atoms with van der Waals surface area (Å²) < 4.78 is 5.41. The molecule has 1 aliphatic carbocycles. The molecule has 0 atom stereocenters. The van der Waals surface area contributed by atoms with Crippen molar-refractivity contribution >= 4 is 29.2 Å². The second-order valence-corrected chi connectivity index (χ2v) is 7.44. The molecular weight excluding hydrogens is 344 g/mol. The van der Waals surface area contributed by atoms with Crippen molar-refractivity contribution in [2.24, 2.45) is 0 Å². The number of aliphatic hydroxyl groups is 1. The van der Waals surface area contributed by atoms with Crippen LogP contribution in [0.3, 0.4) is 0 Å². The van der Waals surface area contributed by atoms with Gasteiger partial charge in [0.05, 0.1) is 18.2 Å². The summed E-state index contributed by atoms with van der Waals surface area (Å²) in [6, 6.07) is 9.57. The summed E-state index contributed by atoms with van der Waals surface area (Å²) in [7, 11) is 1.47. The molecule has 0 bridgehead atoms. The number of hydrogen-bond acceptors (Lipinski definition) is 5. The first-order valence-corrected chi connectivity index (χ1v) is 8.50. The first-order chi connectivity index (χ1) is 12.7. The van der Waals surface area contributed by atoms with Crippen LogP contribution in [0, 0.1) is 0 Å². The Kier molecular flexibility index (Phi) is 4.47. The molecule has 0 aliphatic heterocycles. The normalized spacial score (nSPS) is 14.2. The lowest BCUT2D eigenvalue weighted by Crippen LogP contribution is -2.24. The molecule has 0 amide bonds. The molecule has 5 heteroatoms. The minimum Gasteiger partial charge on any atom is -0.506 e. The fourth-order valence-corrected chi connectivity index (χ4v) is 3.30. The van der Waals surface area contributed by atoms with E-state index in [9.17, 15) is 19.5 Å². The van der Waals surface area contributed by atoms with Gasteiger partial charge in [0, 0.05) is 16.7 Å². The van der Waals surface area contributed by atoms with Crippen molar-refractivity contribution in [2.45, 2.75) is 26.2 Å². The van der Waals surface area contributed by atoms with Crippen LogP contribution in [-0.2, 0) is 10.2 Å². The molecule has 1 aliphatic rings. The first kappa shape index (κ1) is 18.6. The number of hydrogen-bond donors (Lipinski definition) is 1. The number of methoxy groups -OCH3 is 1. The Morgan fingerprint density at radius 3 is 2.19 bits per heavy atom. The lowest BCUT2D eigenvalue weighted by atomic mass is 9.80. The number of allylic oxidation sites excluding steroid dienone is 1. The Morgan fingerprint density at radius 1 is 1.00 bits per heavy atom. The maximum atomic E-state index is 12.7. The van der Waals surface area contributed by atoms with E-state index < -0.39 is 17.0 Å². The molecule has 0 unspecified atom stereocenters. The first-order valence-electron chi connectivity index (χ1n) is 8.50. The van der Waals surface area contributed by atoms with Crippen molar-refractivity contribution < 1.29 is 24.2 Å². The van der Waals surface area contributed by atoms with Gasteiger partial charge in [0.1, 0.15) is 11.5 Å². The number of fused-ring (bicyclic) bond motifs is 1. The highest BCUT2D eigenvalue weighted by molar-refractivity contribution is 6.62. The highest BCUT2D eigenvalue weighted by Gasteiger charge is 2.34. The van der Waals surface area contributed by atoms with Gasteiger partial charge in [-0.3, -0.25) is 14.4 Å². The third-order valence-corrected chi connectivity index (χ3v) is 4.64. The minimum atomic E-state index is -0.798. The monoisotopic (exact) mass is 364 g/mol. The molecule has 2 aromatic rings. The number of ether oxygens (including phenoxy) is 1. The maximum absolute atomic E-state index is 12.7. The van der Waals surface area contributed by atoms with E-state index in [1.165, 1.54) is 19.2 Å². The predicted octanol–water partition coefficient (Wildman–Crippen LogP) is 4.00. The van der Waals surface area contributed by atoms with Crippen molar-refractivity contribution in [3.63, 3.8) is 0 Å². The summed E-state index contributed by atoms with van der Waals surface area (Å²) in [5.41, 5.74) is 1.24. The number of carbonyl (C=O) groups excluding carboxylic acids is 3. The van der Waals surface area contributed by atoms with Crippen LogP contribution < -0.4 is 4.74 Å². The average molecular weight is 364 g/mol. The van der Waals surface area contributed by atoms with Gasteiger partial charge < -0.3 is 9.84 Å². The van der Waals surface area contributed by atoms with E-state index in [1.807, 2.05) is 20.8 Å². The van der Waals surface area contributed by atoms with E-state index in [1.54, 1.807) is 24.3 Å². The fraction of sp³-hybridized carbons (Fsp3) is 0.227. The van der Waals surface area contributed by atoms with E-state index in [4.69, 9.17) is 4.74 Å². The zero-order chi connectivity index (χ0) is 19.9. The van der Waals surface area contributed by atoms with Gasteiger partial charge in [-0.15, -0.1) is 0 Å². The highest BCUT2D eigenvalue weighted by atomic mass is 16.5. The third-order valence-electron chi connectivity index (χ3n) is 4.64. The Bertz CT molecular complexity index is 1010. The average Bonchev–Trinajstić information content (AvgIpc) is 2.64. The number of aliphatic hydroxyl groups excluding tert-OH is 1. The largest absolute Gasteiger partial charge is 0.506 e. The summed E-state index contributed by atoms with van der Waals surface area (Å²) in [6.07, 6.45) is 0.637. The fourth-order valence-electron chi connectivity index (χ4n) is 3.30. The maximum Gasteiger partial charge on any atom is 0.237 e. The molecule has 0 radical (unpaired) electrons.